The third-order valence-electron chi connectivity index (χ3n) is 4.52. The Hall–Kier alpha value is -1.64. The van der Waals surface area contributed by atoms with E-state index in [-0.39, 0.29) is 22.8 Å². The second kappa shape index (κ2) is 9.52. The molecular formula is C19H31N3O4S. The summed E-state index contributed by atoms with van der Waals surface area (Å²) >= 11 is 0. The largest absolute Gasteiger partial charge is 0.491 e. The first kappa shape index (κ1) is 21.7. The highest BCUT2D eigenvalue weighted by Crippen LogP contribution is 2.25. The number of nitrogens with one attached hydrogen (secondary N) is 1. The van der Waals surface area contributed by atoms with Crippen LogP contribution in [0.2, 0.25) is 0 Å². The van der Waals surface area contributed by atoms with E-state index in [2.05, 4.69) is 5.32 Å². The molecule has 1 amide bonds. The predicted octanol–water partition coefficient (Wildman–Crippen LogP) is 1.55. The van der Waals surface area contributed by atoms with Gasteiger partial charge in [-0.2, -0.15) is 4.31 Å². The van der Waals surface area contributed by atoms with Crippen LogP contribution in [0.1, 0.15) is 26.7 Å². The van der Waals surface area contributed by atoms with Gasteiger partial charge in [-0.3, -0.25) is 4.79 Å². The molecule has 8 heteroatoms. The molecule has 1 N–H and O–H groups in total. The van der Waals surface area contributed by atoms with Crippen molar-refractivity contribution in [3.05, 3.63) is 24.3 Å². The van der Waals surface area contributed by atoms with Gasteiger partial charge < -0.3 is 15.0 Å². The minimum atomic E-state index is -3.55. The maximum atomic E-state index is 12.8. The summed E-state index contributed by atoms with van der Waals surface area (Å²) in [6.45, 7) is 5.96. The smallest absolute Gasteiger partial charge is 0.243 e. The topological polar surface area (TPSA) is 79.0 Å². The van der Waals surface area contributed by atoms with Gasteiger partial charge in [-0.05, 0) is 65.0 Å². The number of carbonyl (C=O) groups excluding carboxylic acids is 1. The Labute approximate surface area is 162 Å². The lowest BCUT2D eigenvalue weighted by molar-refractivity contribution is -0.126. The van der Waals surface area contributed by atoms with Crippen molar-refractivity contribution < 1.29 is 17.9 Å². The molecule has 1 saturated heterocycles. The molecule has 0 aromatic heterocycles. The van der Waals surface area contributed by atoms with E-state index in [0.717, 1.165) is 6.54 Å². The van der Waals surface area contributed by atoms with E-state index in [4.69, 9.17) is 4.74 Å². The van der Waals surface area contributed by atoms with E-state index in [0.29, 0.717) is 38.2 Å². The lowest BCUT2D eigenvalue weighted by atomic mass is 9.97. The van der Waals surface area contributed by atoms with Gasteiger partial charge >= 0.3 is 0 Å². The molecule has 0 radical (unpaired) electrons. The van der Waals surface area contributed by atoms with Crippen molar-refractivity contribution in [2.24, 2.45) is 5.92 Å². The van der Waals surface area contributed by atoms with E-state index in [9.17, 15) is 13.2 Å². The molecule has 2 rings (SSSR count). The van der Waals surface area contributed by atoms with Crippen molar-refractivity contribution >= 4 is 15.9 Å². The van der Waals surface area contributed by atoms with E-state index in [1.165, 1.54) is 4.31 Å². The SMILES string of the molecule is CC(C)Oc1ccc(S(=O)(=O)N2CCC(C(=O)NCCN(C)C)CC2)cc1. The van der Waals surface area contributed by atoms with Crippen LogP contribution in [0.3, 0.4) is 0 Å². The van der Waals surface area contributed by atoms with Crippen molar-refractivity contribution in [1.29, 1.82) is 0 Å². The fourth-order valence-electron chi connectivity index (χ4n) is 3.02. The summed E-state index contributed by atoms with van der Waals surface area (Å²) < 4.78 is 32.7. The van der Waals surface area contributed by atoms with Crippen molar-refractivity contribution in [3.8, 4) is 5.75 Å². The van der Waals surface area contributed by atoms with Gasteiger partial charge in [-0.25, -0.2) is 8.42 Å². The zero-order chi connectivity index (χ0) is 20.0. The molecule has 0 bridgehead atoms. The number of likely N-dealkylation sites (N-methyl/N-ethyl adjacent to an activating group) is 1. The molecule has 0 saturated carbocycles. The van der Waals surface area contributed by atoms with Gasteiger partial charge in [-0.1, -0.05) is 0 Å². The van der Waals surface area contributed by atoms with E-state index in [1.807, 2.05) is 32.8 Å². The molecule has 7 nitrogen and oxygen atoms in total. The van der Waals surface area contributed by atoms with Crippen LogP contribution in [0.15, 0.2) is 29.2 Å². The maximum absolute atomic E-state index is 12.8. The van der Waals surface area contributed by atoms with Gasteiger partial charge in [0, 0.05) is 32.1 Å². The number of benzene rings is 1. The minimum Gasteiger partial charge on any atom is -0.491 e. The number of hydrogen-bond donors (Lipinski definition) is 1. The minimum absolute atomic E-state index is 0.0177. The fourth-order valence-corrected chi connectivity index (χ4v) is 4.49. The van der Waals surface area contributed by atoms with Crippen LogP contribution in [-0.4, -0.2) is 69.9 Å². The Morgan fingerprint density at radius 2 is 1.81 bits per heavy atom. The van der Waals surface area contributed by atoms with Crippen LogP contribution < -0.4 is 10.1 Å². The average molecular weight is 398 g/mol. The third-order valence-corrected chi connectivity index (χ3v) is 6.43. The second-order valence-electron chi connectivity index (χ2n) is 7.41. The Bertz CT molecular complexity index is 709. The Balaban J connectivity index is 1.91. The normalized spacial score (nSPS) is 16.7. The number of hydrogen-bond acceptors (Lipinski definition) is 5. The third kappa shape index (κ3) is 6.19. The molecular weight excluding hydrogens is 366 g/mol. The van der Waals surface area contributed by atoms with Crippen LogP contribution in [-0.2, 0) is 14.8 Å². The molecule has 0 spiro atoms. The molecule has 0 aliphatic carbocycles. The number of carbonyl (C=O) groups is 1. The first-order valence-corrected chi connectivity index (χ1v) is 10.8. The standard InChI is InChI=1S/C19H31N3O4S/c1-15(2)26-17-5-7-18(8-6-17)27(24,25)22-12-9-16(10-13-22)19(23)20-11-14-21(3)4/h5-8,15-16H,9-14H2,1-4H3,(H,20,23). The average Bonchev–Trinajstić information content (AvgIpc) is 2.61. The maximum Gasteiger partial charge on any atom is 0.243 e. The summed E-state index contributed by atoms with van der Waals surface area (Å²) in [6.07, 6.45) is 1.12. The Morgan fingerprint density at radius 3 is 2.33 bits per heavy atom. The molecule has 152 valence electrons. The molecule has 1 aromatic rings. The van der Waals surface area contributed by atoms with Gasteiger partial charge in [0.05, 0.1) is 11.0 Å². The summed E-state index contributed by atoms with van der Waals surface area (Å²) in [5.74, 6) is 0.543. The first-order chi connectivity index (χ1) is 12.7. The number of piperidine rings is 1. The summed E-state index contributed by atoms with van der Waals surface area (Å²) in [5.41, 5.74) is 0. The van der Waals surface area contributed by atoms with Gasteiger partial charge in [0.2, 0.25) is 15.9 Å². The Kier molecular flexibility index (Phi) is 7.64. The number of rotatable bonds is 8. The second-order valence-corrected chi connectivity index (χ2v) is 9.35. The lowest BCUT2D eigenvalue weighted by Crippen LogP contribution is -2.43. The van der Waals surface area contributed by atoms with Crippen molar-refractivity contribution in [2.45, 2.75) is 37.7 Å². The van der Waals surface area contributed by atoms with E-state index >= 15 is 0 Å². The van der Waals surface area contributed by atoms with E-state index < -0.39 is 10.0 Å². The van der Waals surface area contributed by atoms with E-state index in [1.54, 1.807) is 24.3 Å². The number of nitrogens with zero attached hydrogens (tertiary/aromatic N) is 2. The molecule has 1 aliphatic rings. The fraction of sp³-hybridized carbons (Fsp3) is 0.632. The molecule has 1 fully saturated rings. The summed E-state index contributed by atoms with van der Waals surface area (Å²) in [5, 5.41) is 2.93. The zero-order valence-corrected chi connectivity index (χ0v) is 17.5. The van der Waals surface area contributed by atoms with Gasteiger partial charge in [-0.15, -0.1) is 0 Å². The van der Waals surface area contributed by atoms with Crippen LogP contribution in [0.25, 0.3) is 0 Å². The van der Waals surface area contributed by atoms with Gasteiger partial charge in [0.25, 0.3) is 0 Å². The first-order valence-electron chi connectivity index (χ1n) is 9.39. The highest BCUT2D eigenvalue weighted by Gasteiger charge is 2.32. The molecule has 1 heterocycles. The van der Waals surface area contributed by atoms with Crippen LogP contribution in [0, 0.1) is 5.92 Å². The molecule has 27 heavy (non-hydrogen) atoms. The summed E-state index contributed by atoms with van der Waals surface area (Å²) in [7, 11) is 0.366. The molecule has 0 atom stereocenters. The number of sulfonamides is 1. The van der Waals surface area contributed by atoms with Gasteiger partial charge in [0.15, 0.2) is 0 Å². The summed E-state index contributed by atoms with van der Waals surface area (Å²) in [6, 6.07) is 6.51. The molecule has 1 aliphatic heterocycles. The van der Waals surface area contributed by atoms with Crippen molar-refractivity contribution in [1.82, 2.24) is 14.5 Å². The lowest BCUT2D eigenvalue weighted by Gasteiger charge is -2.30. The molecule has 0 unspecified atom stereocenters. The summed E-state index contributed by atoms with van der Waals surface area (Å²) in [4.78, 5) is 14.5. The van der Waals surface area contributed by atoms with Crippen molar-refractivity contribution in [2.75, 3.05) is 40.3 Å². The molecule has 1 aromatic carbocycles. The number of ether oxygens (including phenoxy) is 1. The quantitative estimate of drug-likeness (QED) is 0.720. The van der Waals surface area contributed by atoms with Crippen molar-refractivity contribution in [3.63, 3.8) is 0 Å². The number of amides is 1. The van der Waals surface area contributed by atoms with Gasteiger partial charge in [0.1, 0.15) is 5.75 Å². The predicted molar refractivity (Wildman–Crippen MR) is 105 cm³/mol. The highest BCUT2D eigenvalue weighted by atomic mass is 32.2. The van der Waals surface area contributed by atoms with Crippen LogP contribution >= 0.6 is 0 Å². The monoisotopic (exact) mass is 397 g/mol. The van der Waals surface area contributed by atoms with Crippen LogP contribution in [0.4, 0.5) is 0 Å². The zero-order valence-electron chi connectivity index (χ0n) is 16.6. The Morgan fingerprint density at radius 1 is 1.22 bits per heavy atom. The highest BCUT2D eigenvalue weighted by molar-refractivity contribution is 7.89. The van der Waals surface area contributed by atoms with Crippen LogP contribution in [0.5, 0.6) is 5.75 Å².